The van der Waals surface area contributed by atoms with E-state index in [1.54, 1.807) is 73.7 Å². The van der Waals surface area contributed by atoms with Gasteiger partial charge in [-0.25, -0.2) is 14.5 Å². The number of hydrogen-bond donors (Lipinski definition) is 1. The molecular formula is C26H19BrN2O5. The highest BCUT2D eigenvalue weighted by Crippen LogP contribution is 2.29. The summed E-state index contributed by atoms with van der Waals surface area (Å²) in [7, 11) is 0. The zero-order valence-electron chi connectivity index (χ0n) is 18.3. The smallest absolute Gasteiger partial charge is 0.343 e. The van der Waals surface area contributed by atoms with Gasteiger partial charge in [0, 0.05) is 10.0 Å². The van der Waals surface area contributed by atoms with E-state index in [0.29, 0.717) is 26.9 Å². The van der Waals surface area contributed by atoms with Crippen molar-refractivity contribution >= 4 is 51.5 Å². The van der Waals surface area contributed by atoms with Gasteiger partial charge in [0.15, 0.2) is 0 Å². The van der Waals surface area contributed by atoms with Crippen LogP contribution in [0.2, 0.25) is 0 Å². The van der Waals surface area contributed by atoms with Crippen LogP contribution in [0.1, 0.15) is 27.0 Å². The molecule has 1 heterocycles. The summed E-state index contributed by atoms with van der Waals surface area (Å²) >= 11 is 3.36. The summed E-state index contributed by atoms with van der Waals surface area (Å²) in [6.45, 7) is 3.66. The van der Waals surface area contributed by atoms with Crippen LogP contribution < -0.4 is 15.0 Å². The molecule has 34 heavy (non-hydrogen) atoms. The summed E-state index contributed by atoms with van der Waals surface area (Å²) in [4.78, 5) is 51.9. The van der Waals surface area contributed by atoms with Crippen LogP contribution in [0.25, 0.3) is 6.08 Å². The van der Waals surface area contributed by atoms with Crippen molar-refractivity contribution in [2.24, 2.45) is 0 Å². The van der Waals surface area contributed by atoms with E-state index in [2.05, 4.69) is 21.2 Å². The standard InChI is InChI=1S/C26H19BrN2O5/c1-15-7-9-17(10-8-15)25(32)34-22-12-11-19(27)13-18(22)14-20-23(30)28-26(33)29(24(20)31)21-6-4-3-5-16(21)2/h3-14H,1-2H3,(H,28,30,33)/b20-14-. The lowest BCUT2D eigenvalue weighted by Crippen LogP contribution is -2.54. The van der Waals surface area contributed by atoms with Crippen LogP contribution in [0.3, 0.4) is 0 Å². The molecule has 7 nitrogen and oxygen atoms in total. The van der Waals surface area contributed by atoms with Gasteiger partial charge < -0.3 is 4.74 Å². The van der Waals surface area contributed by atoms with Gasteiger partial charge in [0.25, 0.3) is 11.8 Å². The highest BCUT2D eigenvalue weighted by atomic mass is 79.9. The van der Waals surface area contributed by atoms with Crippen LogP contribution in [-0.2, 0) is 9.59 Å². The minimum atomic E-state index is -0.837. The molecule has 1 aliphatic heterocycles. The fourth-order valence-corrected chi connectivity index (χ4v) is 3.80. The molecule has 0 saturated carbocycles. The molecule has 0 bridgehead atoms. The maximum atomic E-state index is 13.2. The normalized spacial score (nSPS) is 14.9. The van der Waals surface area contributed by atoms with E-state index in [1.165, 1.54) is 6.08 Å². The van der Waals surface area contributed by atoms with E-state index in [-0.39, 0.29) is 11.3 Å². The molecule has 1 fully saturated rings. The maximum absolute atomic E-state index is 13.2. The SMILES string of the molecule is Cc1ccc(C(=O)Oc2ccc(Br)cc2/C=C2/C(=O)NC(=O)N(c3ccccc3C)C2=O)cc1. The summed E-state index contributed by atoms with van der Waals surface area (Å²) in [5.41, 5.74) is 2.45. The third kappa shape index (κ3) is 4.67. The Morgan fingerprint density at radius 1 is 0.971 bits per heavy atom. The average Bonchev–Trinajstić information content (AvgIpc) is 2.79. The molecule has 0 radical (unpaired) electrons. The minimum absolute atomic E-state index is 0.154. The number of carbonyl (C=O) groups excluding carboxylic acids is 4. The first-order valence-electron chi connectivity index (χ1n) is 10.3. The molecule has 0 unspecified atom stereocenters. The Bertz CT molecular complexity index is 1360. The summed E-state index contributed by atoms with van der Waals surface area (Å²) in [6.07, 6.45) is 1.30. The molecule has 1 aliphatic rings. The Morgan fingerprint density at radius 2 is 1.68 bits per heavy atom. The van der Waals surface area contributed by atoms with Crippen molar-refractivity contribution < 1.29 is 23.9 Å². The highest BCUT2D eigenvalue weighted by Gasteiger charge is 2.37. The number of benzene rings is 3. The van der Waals surface area contributed by atoms with Gasteiger partial charge in [-0.1, -0.05) is 51.8 Å². The lowest BCUT2D eigenvalue weighted by molar-refractivity contribution is -0.122. The second-order valence-electron chi connectivity index (χ2n) is 7.68. The number of hydrogen-bond acceptors (Lipinski definition) is 5. The fourth-order valence-electron chi connectivity index (χ4n) is 3.42. The maximum Gasteiger partial charge on any atom is 0.343 e. The van der Waals surface area contributed by atoms with Gasteiger partial charge in [0.2, 0.25) is 0 Å². The number of imide groups is 2. The number of rotatable bonds is 4. The van der Waals surface area contributed by atoms with Gasteiger partial charge in [-0.2, -0.15) is 0 Å². The molecular weight excluding hydrogens is 500 g/mol. The first kappa shape index (κ1) is 23.1. The zero-order chi connectivity index (χ0) is 24.4. The molecule has 0 spiro atoms. The number of barbiturate groups is 1. The topological polar surface area (TPSA) is 92.8 Å². The Balaban J connectivity index is 1.72. The van der Waals surface area contributed by atoms with Crippen molar-refractivity contribution in [3.63, 3.8) is 0 Å². The third-order valence-corrected chi connectivity index (χ3v) is 5.71. The van der Waals surface area contributed by atoms with Crippen molar-refractivity contribution in [1.82, 2.24) is 5.32 Å². The lowest BCUT2D eigenvalue weighted by Gasteiger charge is -2.27. The second kappa shape index (κ2) is 9.44. The summed E-state index contributed by atoms with van der Waals surface area (Å²) in [6, 6.07) is 17.7. The van der Waals surface area contributed by atoms with Crippen molar-refractivity contribution in [1.29, 1.82) is 0 Å². The second-order valence-corrected chi connectivity index (χ2v) is 8.60. The van der Waals surface area contributed by atoms with Crippen LogP contribution in [0.5, 0.6) is 5.75 Å². The molecule has 3 aromatic carbocycles. The monoisotopic (exact) mass is 518 g/mol. The quantitative estimate of drug-likeness (QED) is 0.228. The molecule has 1 N–H and O–H groups in total. The van der Waals surface area contributed by atoms with Gasteiger partial charge >= 0.3 is 12.0 Å². The Kier molecular flexibility index (Phi) is 6.43. The fraction of sp³-hybridized carbons (Fsp3) is 0.0769. The van der Waals surface area contributed by atoms with Crippen LogP contribution >= 0.6 is 15.9 Å². The Labute approximate surface area is 204 Å². The average molecular weight is 519 g/mol. The van der Waals surface area contributed by atoms with Crippen molar-refractivity contribution in [2.75, 3.05) is 4.90 Å². The molecule has 0 aliphatic carbocycles. The number of carbonyl (C=O) groups is 4. The molecule has 0 atom stereocenters. The largest absolute Gasteiger partial charge is 0.422 e. The van der Waals surface area contributed by atoms with Gasteiger partial charge in [-0.05, 0) is 61.9 Å². The molecule has 4 rings (SSSR count). The molecule has 170 valence electrons. The van der Waals surface area contributed by atoms with Crippen molar-refractivity contribution in [3.05, 3.63) is 99.0 Å². The predicted octanol–water partition coefficient (Wildman–Crippen LogP) is 4.95. The van der Waals surface area contributed by atoms with Crippen LogP contribution in [0, 0.1) is 13.8 Å². The summed E-state index contributed by atoms with van der Waals surface area (Å²) in [5, 5.41) is 2.20. The number of amides is 4. The third-order valence-electron chi connectivity index (χ3n) is 5.22. The first-order chi connectivity index (χ1) is 16.2. The number of anilines is 1. The number of esters is 1. The number of halogens is 1. The Hall–Kier alpha value is -4.04. The van der Waals surface area contributed by atoms with Gasteiger partial charge in [-0.3, -0.25) is 14.9 Å². The molecule has 4 amide bonds. The van der Waals surface area contributed by atoms with E-state index >= 15 is 0 Å². The summed E-state index contributed by atoms with van der Waals surface area (Å²) in [5.74, 6) is -2.05. The number of urea groups is 1. The molecule has 0 aromatic heterocycles. The molecule has 8 heteroatoms. The van der Waals surface area contributed by atoms with E-state index < -0.39 is 23.8 Å². The highest BCUT2D eigenvalue weighted by molar-refractivity contribution is 9.10. The number of nitrogens with one attached hydrogen (secondary N) is 1. The molecule has 1 saturated heterocycles. The molecule has 3 aromatic rings. The number of nitrogens with zero attached hydrogens (tertiary/aromatic N) is 1. The van der Waals surface area contributed by atoms with Gasteiger partial charge in [0.05, 0.1) is 11.3 Å². The first-order valence-corrected chi connectivity index (χ1v) is 11.1. The van der Waals surface area contributed by atoms with E-state index in [0.717, 1.165) is 10.5 Å². The predicted molar refractivity (Wildman–Crippen MR) is 130 cm³/mol. The lowest BCUT2D eigenvalue weighted by atomic mass is 10.0. The van der Waals surface area contributed by atoms with E-state index in [9.17, 15) is 19.2 Å². The van der Waals surface area contributed by atoms with E-state index in [1.807, 2.05) is 6.92 Å². The minimum Gasteiger partial charge on any atom is -0.422 e. The van der Waals surface area contributed by atoms with Crippen molar-refractivity contribution in [3.8, 4) is 5.75 Å². The van der Waals surface area contributed by atoms with Gasteiger partial charge in [-0.15, -0.1) is 0 Å². The Morgan fingerprint density at radius 3 is 2.38 bits per heavy atom. The van der Waals surface area contributed by atoms with E-state index in [4.69, 9.17) is 4.74 Å². The van der Waals surface area contributed by atoms with Crippen LogP contribution in [-0.4, -0.2) is 23.8 Å². The number of para-hydroxylation sites is 1. The zero-order valence-corrected chi connectivity index (χ0v) is 19.9. The van der Waals surface area contributed by atoms with Crippen molar-refractivity contribution in [2.45, 2.75) is 13.8 Å². The number of aryl methyl sites for hydroxylation is 2. The summed E-state index contributed by atoms with van der Waals surface area (Å²) < 4.78 is 6.21. The van der Waals surface area contributed by atoms with Crippen LogP contribution in [0.15, 0.2) is 76.8 Å². The van der Waals surface area contributed by atoms with Crippen LogP contribution in [0.4, 0.5) is 10.5 Å². The number of ether oxygens (including phenoxy) is 1. The van der Waals surface area contributed by atoms with Gasteiger partial charge in [0.1, 0.15) is 11.3 Å².